The Hall–Kier alpha value is -2.38. The number of rotatable bonds is 0. The van der Waals surface area contributed by atoms with Gasteiger partial charge in [0.25, 0.3) is 0 Å². The van der Waals surface area contributed by atoms with Gasteiger partial charge in [-0.15, -0.1) is 0 Å². The third-order valence-corrected chi connectivity index (χ3v) is 11.0. The highest BCUT2D eigenvalue weighted by Crippen LogP contribution is 2.51. The van der Waals surface area contributed by atoms with E-state index >= 15 is 0 Å². The van der Waals surface area contributed by atoms with Crippen molar-refractivity contribution in [1.29, 1.82) is 0 Å². The molecule has 0 bridgehead atoms. The van der Waals surface area contributed by atoms with Gasteiger partial charge in [0.1, 0.15) is 0 Å². The van der Waals surface area contributed by atoms with E-state index in [0.717, 1.165) is 77.1 Å². The van der Waals surface area contributed by atoms with Crippen molar-refractivity contribution in [3.05, 3.63) is 99.0 Å². The first-order valence-electron chi connectivity index (χ1n) is 11.2. The molecule has 0 saturated heterocycles. The zero-order valence-electron chi connectivity index (χ0n) is 18.1. The number of halogens is 4. The molecule has 2 nitrogen and oxygen atoms in total. The first kappa shape index (κ1) is 21.7. The second-order valence-corrected chi connectivity index (χ2v) is 12.5. The monoisotopic (exact) mass is 718 g/mol. The summed E-state index contributed by atoms with van der Waals surface area (Å²) in [6.07, 6.45) is 0. The zero-order valence-corrected chi connectivity index (χ0v) is 24.4. The van der Waals surface area contributed by atoms with E-state index in [4.69, 9.17) is 0 Å². The molecule has 0 radical (unpaired) electrons. The standard InChI is InChI=1S/C30H10Br4O2/c31-18-8-7-16-23(28(18)34)26-25-20-11(10-19(32)24(25)30(16)36)9-17-12-3-1-2-4-13(12)29(35)15-6-5-14(27(26)33)22(20)21(15)17/h1-10H. The SMILES string of the molecule is O=c1c2ccccc2c2cc3cc(Br)c4c(=O)c5ccc(Br)c(Br)c5c5c(Br)c6ccc1c2c6c3c45. The second kappa shape index (κ2) is 7.13. The molecule has 0 N–H and O–H groups in total. The van der Waals surface area contributed by atoms with Gasteiger partial charge >= 0.3 is 0 Å². The van der Waals surface area contributed by atoms with Crippen molar-refractivity contribution in [2.24, 2.45) is 0 Å². The Labute approximate surface area is 236 Å². The van der Waals surface area contributed by atoms with Gasteiger partial charge in [-0.1, -0.05) is 30.3 Å². The molecule has 0 fully saturated rings. The van der Waals surface area contributed by atoms with Gasteiger partial charge in [0.05, 0.1) is 0 Å². The summed E-state index contributed by atoms with van der Waals surface area (Å²) in [7, 11) is 0. The smallest absolute Gasteiger partial charge is 0.195 e. The third kappa shape index (κ3) is 2.42. The van der Waals surface area contributed by atoms with E-state index in [9.17, 15) is 9.59 Å². The van der Waals surface area contributed by atoms with E-state index in [0.29, 0.717) is 16.2 Å². The third-order valence-electron chi connectivity index (χ3n) is 7.56. The summed E-state index contributed by atoms with van der Waals surface area (Å²) >= 11 is 15.1. The molecule has 0 aliphatic carbocycles. The van der Waals surface area contributed by atoms with E-state index in [1.807, 2.05) is 54.6 Å². The Balaban J connectivity index is 1.85. The maximum atomic E-state index is 13.9. The van der Waals surface area contributed by atoms with Crippen LogP contribution < -0.4 is 10.9 Å². The zero-order chi connectivity index (χ0) is 24.6. The van der Waals surface area contributed by atoms with Crippen molar-refractivity contribution in [1.82, 2.24) is 0 Å². The fraction of sp³-hybridized carbons (Fsp3) is 0. The molecule has 36 heavy (non-hydrogen) atoms. The van der Waals surface area contributed by atoms with E-state index < -0.39 is 0 Å². The molecule has 8 rings (SSSR count). The molecular weight excluding hydrogens is 712 g/mol. The Bertz CT molecular complexity index is 2400. The molecule has 0 atom stereocenters. The number of fused-ring (bicyclic) bond motifs is 4. The van der Waals surface area contributed by atoms with Crippen molar-refractivity contribution in [3.8, 4) is 0 Å². The van der Waals surface area contributed by atoms with Gasteiger partial charge in [-0.3, -0.25) is 9.59 Å². The van der Waals surface area contributed by atoms with Gasteiger partial charge in [0.15, 0.2) is 10.9 Å². The topological polar surface area (TPSA) is 34.1 Å². The summed E-state index contributed by atoms with van der Waals surface area (Å²) in [5.74, 6) is 0. The van der Waals surface area contributed by atoms with Gasteiger partial charge < -0.3 is 0 Å². The van der Waals surface area contributed by atoms with Crippen LogP contribution in [0.5, 0.6) is 0 Å². The molecule has 0 aliphatic rings. The maximum absolute atomic E-state index is 13.9. The molecule has 8 aromatic carbocycles. The van der Waals surface area contributed by atoms with Crippen LogP contribution in [-0.4, -0.2) is 0 Å². The number of hydrogen-bond donors (Lipinski definition) is 0. The molecule has 0 heterocycles. The van der Waals surface area contributed by atoms with Crippen LogP contribution in [0.25, 0.3) is 75.4 Å². The van der Waals surface area contributed by atoms with Gasteiger partial charge in [0.2, 0.25) is 0 Å². The fourth-order valence-electron chi connectivity index (χ4n) is 6.14. The first-order chi connectivity index (χ1) is 17.4. The summed E-state index contributed by atoms with van der Waals surface area (Å²) in [5, 5.41) is 12.5. The van der Waals surface area contributed by atoms with Crippen LogP contribution >= 0.6 is 63.7 Å². The van der Waals surface area contributed by atoms with Crippen molar-refractivity contribution < 1.29 is 0 Å². The number of benzene rings is 8. The Kier molecular flexibility index (Phi) is 4.30. The summed E-state index contributed by atoms with van der Waals surface area (Å²) in [4.78, 5) is 27.5. The number of hydrogen-bond acceptors (Lipinski definition) is 2. The maximum Gasteiger partial charge on any atom is 0.195 e. The molecule has 170 valence electrons. The highest BCUT2D eigenvalue weighted by molar-refractivity contribution is 9.13. The molecule has 0 aromatic heterocycles. The molecule has 6 heteroatoms. The average Bonchev–Trinajstić information content (AvgIpc) is 2.88. The second-order valence-electron chi connectivity index (χ2n) is 9.22. The summed E-state index contributed by atoms with van der Waals surface area (Å²) in [6.45, 7) is 0. The van der Waals surface area contributed by atoms with Crippen LogP contribution in [-0.2, 0) is 0 Å². The molecule has 0 aliphatic heterocycles. The highest BCUT2D eigenvalue weighted by atomic mass is 79.9. The lowest BCUT2D eigenvalue weighted by atomic mass is 9.84. The van der Waals surface area contributed by atoms with Crippen molar-refractivity contribution in [2.75, 3.05) is 0 Å². The summed E-state index contributed by atoms with van der Waals surface area (Å²) in [6, 6.07) is 19.8. The van der Waals surface area contributed by atoms with Gasteiger partial charge in [0, 0.05) is 61.0 Å². The van der Waals surface area contributed by atoms with Crippen LogP contribution in [0.15, 0.2) is 88.1 Å². The Morgan fingerprint density at radius 1 is 0.417 bits per heavy atom. The minimum atomic E-state index is -0.0172. The fourth-order valence-corrected chi connectivity index (χ4v) is 8.36. The largest absolute Gasteiger partial charge is 0.289 e. The molecular formula is C30H10Br4O2. The van der Waals surface area contributed by atoms with Crippen molar-refractivity contribution in [2.45, 2.75) is 0 Å². The quantitative estimate of drug-likeness (QED) is 0.115. The molecule has 0 amide bonds. The minimum Gasteiger partial charge on any atom is -0.289 e. The van der Waals surface area contributed by atoms with Gasteiger partial charge in [-0.05, 0) is 126 Å². The van der Waals surface area contributed by atoms with Crippen LogP contribution in [0, 0.1) is 0 Å². The average molecular weight is 722 g/mol. The molecule has 8 aromatic rings. The lowest BCUT2D eigenvalue weighted by Gasteiger charge is -2.21. The highest BCUT2D eigenvalue weighted by Gasteiger charge is 2.26. The van der Waals surface area contributed by atoms with Crippen LogP contribution in [0.1, 0.15) is 0 Å². The molecule has 0 spiro atoms. The van der Waals surface area contributed by atoms with Crippen LogP contribution in [0.3, 0.4) is 0 Å². The van der Waals surface area contributed by atoms with Gasteiger partial charge in [-0.25, -0.2) is 0 Å². The van der Waals surface area contributed by atoms with Gasteiger partial charge in [-0.2, -0.15) is 0 Å². The minimum absolute atomic E-state index is 0.0172. The van der Waals surface area contributed by atoms with E-state index in [1.165, 1.54) is 0 Å². The van der Waals surface area contributed by atoms with E-state index in [-0.39, 0.29) is 10.9 Å². The van der Waals surface area contributed by atoms with E-state index in [1.54, 1.807) is 0 Å². The summed E-state index contributed by atoms with van der Waals surface area (Å²) < 4.78 is 3.41. The predicted octanol–water partition coefficient (Wildman–Crippen LogP) is 9.84. The van der Waals surface area contributed by atoms with E-state index in [2.05, 4.69) is 69.8 Å². The molecule has 0 unspecified atom stereocenters. The Morgan fingerprint density at radius 2 is 1.11 bits per heavy atom. The van der Waals surface area contributed by atoms with Crippen molar-refractivity contribution in [3.63, 3.8) is 0 Å². The van der Waals surface area contributed by atoms with Crippen LogP contribution in [0.4, 0.5) is 0 Å². The predicted molar refractivity (Wildman–Crippen MR) is 166 cm³/mol. The summed E-state index contributed by atoms with van der Waals surface area (Å²) in [5.41, 5.74) is 0.0188. The van der Waals surface area contributed by atoms with Crippen LogP contribution in [0.2, 0.25) is 0 Å². The lowest BCUT2D eigenvalue weighted by Crippen LogP contribution is -2.07. The lowest BCUT2D eigenvalue weighted by molar-refractivity contribution is 1.65. The van der Waals surface area contributed by atoms with Crippen molar-refractivity contribution >= 4 is 139 Å². The molecule has 0 saturated carbocycles. The normalized spacial score (nSPS) is 12.7. The Morgan fingerprint density at radius 3 is 1.92 bits per heavy atom. The first-order valence-corrected chi connectivity index (χ1v) is 14.4.